The zero-order chi connectivity index (χ0) is 16.8. The Hall–Kier alpha value is -1.20. The van der Waals surface area contributed by atoms with Gasteiger partial charge in [0, 0.05) is 11.4 Å². The number of fused-ring (bicyclic) bond motifs is 3. The van der Waals surface area contributed by atoms with Gasteiger partial charge >= 0.3 is 0 Å². The summed E-state index contributed by atoms with van der Waals surface area (Å²) in [6, 6.07) is 0.183. The number of aromatic amines is 1. The monoisotopic (exact) mass is 345 g/mol. The lowest BCUT2D eigenvalue weighted by molar-refractivity contribution is 0.134. The second-order valence-electron chi connectivity index (χ2n) is 7.90. The lowest BCUT2D eigenvalue weighted by atomic mass is 9.89. The largest absolute Gasteiger partial charge is 0.309 e. The fourth-order valence-electron chi connectivity index (χ4n) is 4.31. The van der Waals surface area contributed by atoms with Crippen LogP contribution in [0.4, 0.5) is 0 Å². The van der Waals surface area contributed by atoms with Gasteiger partial charge in [0.05, 0.1) is 11.4 Å². The summed E-state index contributed by atoms with van der Waals surface area (Å²) in [5.74, 6) is 2.29. The Morgan fingerprint density at radius 2 is 2.12 bits per heavy atom. The minimum absolute atomic E-state index is 0.0685. The molecule has 0 bridgehead atoms. The van der Waals surface area contributed by atoms with Crippen molar-refractivity contribution in [1.29, 1.82) is 0 Å². The summed E-state index contributed by atoms with van der Waals surface area (Å²) in [6.45, 7) is 8.99. The molecule has 1 aliphatic carbocycles. The van der Waals surface area contributed by atoms with Gasteiger partial charge in [0.2, 0.25) is 0 Å². The maximum absolute atomic E-state index is 12.8. The van der Waals surface area contributed by atoms with Crippen molar-refractivity contribution in [2.24, 2.45) is 11.8 Å². The molecule has 2 aromatic heterocycles. The molecule has 0 saturated carbocycles. The Morgan fingerprint density at radius 3 is 2.92 bits per heavy atom. The third kappa shape index (κ3) is 2.82. The molecule has 24 heavy (non-hydrogen) atoms. The van der Waals surface area contributed by atoms with E-state index in [1.165, 1.54) is 29.7 Å². The van der Waals surface area contributed by atoms with E-state index < -0.39 is 0 Å². The SMILES string of the molecule is CC1CCc2c(sc3nc(C(C)N4CCCC(C)C4)[nH]c(=O)c23)C1. The first-order valence-corrected chi connectivity index (χ1v) is 10.1. The Balaban J connectivity index is 1.71. The van der Waals surface area contributed by atoms with Crippen LogP contribution in [0.5, 0.6) is 0 Å². The van der Waals surface area contributed by atoms with Crippen LogP contribution in [0.3, 0.4) is 0 Å². The predicted molar refractivity (Wildman–Crippen MR) is 99.8 cm³/mol. The van der Waals surface area contributed by atoms with Crippen molar-refractivity contribution in [3.63, 3.8) is 0 Å². The summed E-state index contributed by atoms with van der Waals surface area (Å²) in [6.07, 6.45) is 5.86. The van der Waals surface area contributed by atoms with Gasteiger partial charge in [-0.05, 0) is 63.0 Å². The fourth-order valence-corrected chi connectivity index (χ4v) is 5.70. The van der Waals surface area contributed by atoms with Crippen LogP contribution >= 0.6 is 11.3 Å². The average molecular weight is 346 g/mol. The predicted octanol–water partition coefficient (Wildman–Crippen LogP) is 3.90. The first kappa shape index (κ1) is 16.3. The Bertz CT molecular complexity index is 809. The van der Waals surface area contributed by atoms with E-state index in [0.29, 0.717) is 0 Å². The van der Waals surface area contributed by atoms with E-state index in [1.54, 1.807) is 11.3 Å². The molecule has 2 aromatic rings. The van der Waals surface area contributed by atoms with E-state index in [-0.39, 0.29) is 11.6 Å². The lowest BCUT2D eigenvalue weighted by Gasteiger charge is -2.34. The van der Waals surface area contributed by atoms with Gasteiger partial charge in [0.25, 0.3) is 5.56 Å². The van der Waals surface area contributed by atoms with Crippen molar-refractivity contribution in [3.05, 3.63) is 26.6 Å². The molecule has 4 rings (SSSR count). The number of thiophene rings is 1. The summed E-state index contributed by atoms with van der Waals surface area (Å²) < 4.78 is 0. The van der Waals surface area contributed by atoms with Gasteiger partial charge < -0.3 is 4.98 Å². The van der Waals surface area contributed by atoms with Gasteiger partial charge in [0.15, 0.2) is 0 Å². The molecule has 1 saturated heterocycles. The number of hydrogen-bond donors (Lipinski definition) is 1. The quantitative estimate of drug-likeness (QED) is 0.898. The van der Waals surface area contributed by atoms with E-state index in [2.05, 4.69) is 30.7 Å². The fraction of sp³-hybridized carbons (Fsp3) is 0.684. The summed E-state index contributed by atoms with van der Waals surface area (Å²) in [4.78, 5) is 25.6. The third-order valence-electron chi connectivity index (χ3n) is 5.82. The Morgan fingerprint density at radius 1 is 1.29 bits per heavy atom. The highest BCUT2D eigenvalue weighted by Gasteiger charge is 2.26. The smallest absolute Gasteiger partial charge is 0.259 e. The van der Waals surface area contributed by atoms with Crippen LogP contribution in [0.2, 0.25) is 0 Å². The number of likely N-dealkylation sites (tertiary alicyclic amines) is 1. The summed E-state index contributed by atoms with van der Waals surface area (Å²) >= 11 is 1.75. The first-order valence-electron chi connectivity index (χ1n) is 9.31. The van der Waals surface area contributed by atoms with Crippen molar-refractivity contribution in [3.8, 4) is 0 Å². The molecular weight excluding hydrogens is 318 g/mol. The number of H-pyrrole nitrogens is 1. The zero-order valence-electron chi connectivity index (χ0n) is 14.9. The number of hydrogen-bond acceptors (Lipinski definition) is 4. The molecule has 5 heteroatoms. The zero-order valence-corrected chi connectivity index (χ0v) is 15.7. The highest BCUT2D eigenvalue weighted by Crippen LogP contribution is 2.36. The minimum Gasteiger partial charge on any atom is -0.309 e. The van der Waals surface area contributed by atoms with E-state index >= 15 is 0 Å². The van der Waals surface area contributed by atoms with Gasteiger partial charge in [-0.2, -0.15) is 0 Å². The van der Waals surface area contributed by atoms with Gasteiger partial charge in [-0.1, -0.05) is 13.8 Å². The van der Waals surface area contributed by atoms with Gasteiger partial charge in [-0.15, -0.1) is 11.3 Å². The topological polar surface area (TPSA) is 49.0 Å². The van der Waals surface area contributed by atoms with Crippen molar-refractivity contribution < 1.29 is 0 Å². The molecule has 0 amide bonds. The molecular formula is C19H27N3OS. The number of nitrogens with one attached hydrogen (secondary N) is 1. The van der Waals surface area contributed by atoms with Crippen LogP contribution in [0.25, 0.3) is 10.2 Å². The van der Waals surface area contributed by atoms with Gasteiger partial charge in [-0.25, -0.2) is 4.98 Å². The summed E-state index contributed by atoms with van der Waals surface area (Å²) in [5, 5.41) is 0.866. The molecule has 3 heterocycles. The molecule has 130 valence electrons. The lowest BCUT2D eigenvalue weighted by Crippen LogP contribution is -2.37. The molecule has 4 nitrogen and oxygen atoms in total. The standard InChI is InChI=1S/C19H27N3OS/c1-11-6-7-14-15(9-11)24-19-16(14)18(23)20-17(21-19)13(3)22-8-4-5-12(2)10-22/h11-13H,4-10H2,1-3H3,(H,20,21,23). The second kappa shape index (κ2) is 6.26. The number of rotatable bonds is 2. The first-order chi connectivity index (χ1) is 11.5. The third-order valence-corrected chi connectivity index (χ3v) is 6.96. The Kier molecular flexibility index (Phi) is 4.25. The normalized spacial score (nSPS) is 26.5. The van der Waals surface area contributed by atoms with Crippen LogP contribution in [-0.4, -0.2) is 28.0 Å². The maximum Gasteiger partial charge on any atom is 0.259 e. The molecule has 1 aliphatic heterocycles. The molecule has 0 spiro atoms. The summed E-state index contributed by atoms with van der Waals surface area (Å²) in [7, 11) is 0. The number of aromatic nitrogens is 2. The minimum atomic E-state index is 0.0685. The molecule has 2 aliphatic rings. The van der Waals surface area contributed by atoms with Crippen LogP contribution < -0.4 is 5.56 Å². The van der Waals surface area contributed by atoms with E-state index in [4.69, 9.17) is 4.98 Å². The average Bonchev–Trinajstić information content (AvgIpc) is 2.91. The van der Waals surface area contributed by atoms with Gasteiger partial charge in [0.1, 0.15) is 10.7 Å². The second-order valence-corrected chi connectivity index (χ2v) is 8.99. The van der Waals surface area contributed by atoms with Crippen molar-refractivity contribution in [2.75, 3.05) is 13.1 Å². The van der Waals surface area contributed by atoms with E-state index in [0.717, 1.165) is 53.8 Å². The van der Waals surface area contributed by atoms with Crippen LogP contribution in [0.1, 0.15) is 62.3 Å². The van der Waals surface area contributed by atoms with Crippen LogP contribution in [0, 0.1) is 11.8 Å². The number of piperidine rings is 1. The molecule has 3 atom stereocenters. The molecule has 3 unspecified atom stereocenters. The Labute approximate surface area is 147 Å². The van der Waals surface area contributed by atoms with Crippen molar-refractivity contribution >= 4 is 21.6 Å². The number of nitrogens with zero attached hydrogens (tertiary/aromatic N) is 2. The van der Waals surface area contributed by atoms with Crippen LogP contribution in [-0.2, 0) is 12.8 Å². The van der Waals surface area contributed by atoms with Gasteiger partial charge in [-0.3, -0.25) is 9.69 Å². The van der Waals surface area contributed by atoms with Crippen LogP contribution in [0.15, 0.2) is 4.79 Å². The van der Waals surface area contributed by atoms with Crippen molar-refractivity contribution in [2.45, 2.75) is 58.9 Å². The number of aryl methyl sites for hydroxylation is 1. The highest BCUT2D eigenvalue weighted by atomic mass is 32.1. The van der Waals surface area contributed by atoms with Crippen molar-refractivity contribution in [1.82, 2.24) is 14.9 Å². The highest BCUT2D eigenvalue weighted by molar-refractivity contribution is 7.18. The van der Waals surface area contributed by atoms with E-state index in [1.807, 2.05) is 0 Å². The molecule has 0 radical (unpaired) electrons. The molecule has 1 fully saturated rings. The van der Waals surface area contributed by atoms with E-state index in [9.17, 15) is 4.79 Å². The summed E-state index contributed by atoms with van der Waals surface area (Å²) in [5.41, 5.74) is 1.34. The molecule has 1 N–H and O–H groups in total. The maximum atomic E-state index is 12.8. The molecule has 0 aromatic carbocycles.